The van der Waals surface area contributed by atoms with Gasteiger partial charge in [-0.15, -0.1) is 0 Å². The van der Waals surface area contributed by atoms with Crippen LogP contribution in [0.25, 0.3) is 0 Å². The highest BCUT2D eigenvalue weighted by Crippen LogP contribution is 2.81. The van der Waals surface area contributed by atoms with Gasteiger partial charge < -0.3 is 9.84 Å². The summed E-state index contributed by atoms with van der Waals surface area (Å²) in [5.74, 6) is 4.45. The summed E-state index contributed by atoms with van der Waals surface area (Å²) in [6.45, 7) is 7.05. The lowest BCUT2D eigenvalue weighted by Crippen LogP contribution is -2.57. The molecule has 6 rings (SSSR count). The molecule has 1 N–H and O–H groups in total. The van der Waals surface area contributed by atoms with Gasteiger partial charge in [0, 0.05) is 12.8 Å². The fourth-order valence-corrected chi connectivity index (χ4v) is 9.51. The summed E-state index contributed by atoms with van der Waals surface area (Å²) in [5, 5.41) is 12.0. The maximum atomic E-state index is 12.2. The number of allylic oxidation sites excluding steroid dienone is 1. The quantitative estimate of drug-likeness (QED) is 0.699. The van der Waals surface area contributed by atoms with Gasteiger partial charge in [-0.05, 0) is 104 Å². The standard InChI is InChI=1S/C26H36O4/c1-4-30-21(28)7-10-26(29)20-13-17(20)23-22-16-12-15(16)19-11-14(27)5-8-24(19,2)18(22)6-9-25(23,26)3/h11,15-18,20,22-23,29H,4-10,12-13H2,1-3H3/t15-,16?,17-,18?,20?,22?,23?,24-,25+,26+/m1/s1. The van der Waals surface area contributed by atoms with Crippen LogP contribution in [-0.4, -0.2) is 29.1 Å². The third-order valence-electron chi connectivity index (χ3n) is 10.9. The van der Waals surface area contributed by atoms with Crippen molar-refractivity contribution in [3.63, 3.8) is 0 Å². The SMILES string of the molecule is CCOC(=O)CC[C@]1(O)C2C[C@H]2C2C3C4C[C@H]4C4=CC(=O)CC[C@]4(C)C3CC[C@@]21C. The molecular weight excluding hydrogens is 376 g/mol. The van der Waals surface area contributed by atoms with Gasteiger partial charge in [-0.25, -0.2) is 0 Å². The Morgan fingerprint density at radius 3 is 2.77 bits per heavy atom. The summed E-state index contributed by atoms with van der Waals surface area (Å²) in [4.78, 5) is 24.3. The molecular formula is C26H36O4. The lowest BCUT2D eigenvalue weighted by atomic mass is 9.45. The maximum Gasteiger partial charge on any atom is 0.305 e. The number of carbonyl (C=O) groups is 2. The zero-order chi connectivity index (χ0) is 21.1. The van der Waals surface area contributed by atoms with Crippen LogP contribution >= 0.6 is 0 Å². The average Bonchev–Trinajstić information content (AvgIpc) is 3.60. The van der Waals surface area contributed by atoms with Crippen molar-refractivity contribution in [1.82, 2.24) is 0 Å². The highest BCUT2D eigenvalue weighted by molar-refractivity contribution is 5.92. The molecule has 0 saturated heterocycles. The fraction of sp³-hybridized carbons (Fsp3) is 0.846. The van der Waals surface area contributed by atoms with E-state index in [1.54, 1.807) is 0 Å². The summed E-state index contributed by atoms with van der Waals surface area (Å²) in [6, 6.07) is 0. The number of fused-ring (bicyclic) bond motifs is 10. The first kappa shape index (κ1) is 19.5. The second-order valence-corrected chi connectivity index (χ2v) is 11.9. The van der Waals surface area contributed by atoms with Crippen molar-refractivity contribution >= 4 is 11.8 Å². The number of ketones is 1. The Bertz CT molecular complexity index is 846. The summed E-state index contributed by atoms with van der Waals surface area (Å²) in [5.41, 5.74) is 0.873. The molecule has 0 aliphatic heterocycles. The highest BCUT2D eigenvalue weighted by Gasteiger charge is 2.78. The van der Waals surface area contributed by atoms with Crippen molar-refractivity contribution in [1.29, 1.82) is 0 Å². The minimum atomic E-state index is -0.718. The van der Waals surface area contributed by atoms with Crippen LogP contribution in [0.5, 0.6) is 0 Å². The lowest BCUT2D eigenvalue weighted by molar-refractivity contribution is -0.162. The predicted molar refractivity (Wildman–Crippen MR) is 112 cm³/mol. The number of hydrogen-bond acceptors (Lipinski definition) is 4. The molecule has 0 aromatic heterocycles. The molecule has 0 amide bonds. The molecule has 0 aromatic rings. The van der Waals surface area contributed by atoms with E-state index in [4.69, 9.17) is 4.74 Å². The topological polar surface area (TPSA) is 63.6 Å². The second kappa shape index (κ2) is 5.99. The van der Waals surface area contributed by atoms with Crippen molar-refractivity contribution in [2.45, 2.75) is 77.7 Å². The number of ether oxygens (including phenoxy) is 1. The van der Waals surface area contributed by atoms with E-state index in [9.17, 15) is 14.7 Å². The molecule has 164 valence electrons. The van der Waals surface area contributed by atoms with Crippen molar-refractivity contribution < 1.29 is 19.4 Å². The molecule has 0 heterocycles. The third kappa shape index (κ3) is 2.27. The van der Waals surface area contributed by atoms with Gasteiger partial charge in [0.15, 0.2) is 5.78 Å². The average molecular weight is 413 g/mol. The summed E-state index contributed by atoms with van der Waals surface area (Å²) in [6.07, 6.45) is 9.25. The molecule has 5 saturated carbocycles. The van der Waals surface area contributed by atoms with Crippen molar-refractivity contribution in [2.24, 2.45) is 52.3 Å². The van der Waals surface area contributed by atoms with Gasteiger partial charge >= 0.3 is 5.97 Å². The molecule has 6 aliphatic carbocycles. The minimum Gasteiger partial charge on any atom is -0.466 e. The monoisotopic (exact) mass is 412 g/mol. The van der Waals surface area contributed by atoms with E-state index in [2.05, 4.69) is 13.8 Å². The molecule has 6 aliphatic rings. The second-order valence-electron chi connectivity index (χ2n) is 11.9. The van der Waals surface area contributed by atoms with Gasteiger partial charge in [0.05, 0.1) is 12.2 Å². The third-order valence-corrected chi connectivity index (χ3v) is 10.9. The largest absolute Gasteiger partial charge is 0.466 e. The van der Waals surface area contributed by atoms with Crippen LogP contribution in [0.2, 0.25) is 0 Å². The molecule has 0 spiro atoms. The van der Waals surface area contributed by atoms with Crippen LogP contribution in [0.1, 0.15) is 72.1 Å². The first-order valence-electron chi connectivity index (χ1n) is 12.4. The van der Waals surface area contributed by atoms with Crippen LogP contribution < -0.4 is 0 Å². The maximum absolute atomic E-state index is 12.2. The van der Waals surface area contributed by atoms with Crippen molar-refractivity contribution in [2.75, 3.05) is 6.61 Å². The molecule has 10 atom stereocenters. The molecule has 4 nitrogen and oxygen atoms in total. The van der Waals surface area contributed by atoms with E-state index in [0.717, 1.165) is 31.6 Å². The van der Waals surface area contributed by atoms with Crippen molar-refractivity contribution in [3.05, 3.63) is 11.6 Å². The molecule has 4 heteroatoms. The fourth-order valence-electron chi connectivity index (χ4n) is 9.51. The van der Waals surface area contributed by atoms with Crippen LogP contribution in [0.3, 0.4) is 0 Å². The molecule has 0 bridgehead atoms. The lowest BCUT2D eigenvalue weighted by Gasteiger charge is -2.60. The van der Waals surface area contributed by atoms with Gasteiger partial charge in [0.1, 0.15) is 0 Å². The molecule has 5 unspecified atom stereocenters. The number of esters is 1. The van der Waals surface area contributed by atoms with E-state index in [-0.39, 0.29) is 16.8 Å². The predicted octanol–water partition coefficient (Wildman–Crippen LogP) is 4.30. The molecule has 0 radical (unpaired) electrons. The Labute approximate surface area is 179 Å². The number of hydrogen-bond donors (Lipinski definition) is 1. The highest BCUT2D eigenvalue weighted by atomic mass is 16.5. The van der Waals surface area contributed by atoms with Gasteiger partial charge in [-0.2, -0.15) is 0 Å². The first-order valence-corrected chi connectivity index (χ1v) is 12.4. The molecule has 30 heavy (non-hydrogen) atoms. The van der Waals surface area contributed by atoms with E-state index < -0.39 is 5.60 Å². The van der Waals surface area contributed by atoms with Crippen LogP contribution in [0.4, 0.5) is 0 Å². The van der Waals surface area contributed by atoms with E-state index in [1.165, 1.54) is 12.0 Å². The Kier molecular flexibility index (Phi) is 3.90. The summed E-state index contributed by atoms with van der Waals surface area (Å²) >= 11 is 0. The minimum absolute atomic E-state index is 0.0799. The van der Waals surface area contributed by atoms with Crippen LogP contribution in [0, 0.1) is 52.3 Å². The summed E-state index contributed by atoms with van der Waals surface area (Å²) < 4.78 is 5.17. The Hall–Kier alpha value is -1.16. The number of carbonyl (C=O) groups excluding carboxylic acids is 2. The zero-order valence-electron chi connectivity index (χ0n) is 18.7. The Balaban J connectivity index is 1.32. The van der Waals surface area contributed by atoms with Crippen LogP contribution in [0.15, 0.2) is 11.6 Å². The van der Waals surface area contributed by atoms with E-state index >= 15 is 0 Å². The van der Waals surface area contributed by atoms with Crippen molar-refractivity contribution in [3.8, 4) is 0 Å². The van der Waals surface area contributed by atoms with Crippen LogP contribution in [-0.2, 0) is 14.3 Å². The smallest absolute Gasteiger partial charge is 0.305 e. The van der Waals surface area contributed by atoms with Gasteiger partial charge in [0.25, 0.3) is 0 Å². The summed E-state index contributed by atoms with van der Waals surface area (Å²) in [7, 11) is 0. The number of aliphatic hydroxyl groups is 1. The first-order chi connectivity index (χ1) is 14.2. The van der Waals surface area contributed by atoms with E-state index in [0.29, 0.717) is 67.2 Å². The Morgan fingerprint density at radius 2 is 2.00 bits per heavy atom. The normalized spacial score (nSPS) is 54.7. The van der Waals surface area contributed by atoms with Gasteiger partial charge in [0.2, 0.25) is 0 Å². The molecule has 5 fully saturated rings. The molecule has 0 aromatic carbocycles. The van der Waals surface area contributed by atoms with Gasteiger partial charge in [-0.3, -0.25) is 9.59 Å². The Morgan fingerprint density at radius 1 is 1.20 bits per heavy atom. The number of rotatable bonds is 4. The zero-order valence-corrected chi connectivity index (χ0v) is 18.7. The van der Waals surface area contributed by atoms with E-state index in [1.807, 2.05) is 13.0 Å². The van der Waals surface area contributed by atoms with Gasteiger partial charge in [-0.1, -0.05) is 19.4 Å².